The second-order valence-corrected chi connectivity index (χ2v) is 4.98. The zero-order valence-electron chi connectivity index (χ0n) is 12.8. The molecule has 0 bridgehead atoms. The molecule has 0 aliphatic carbocycles. The molecule has 0 heterocycles. The van der Waals surface area contributed by atoms with Gasteiger partial charge >= 0.3 is 0 Å². The standard InChI is InChI=1S/C19H18O4/c1-2-13-23-17-10-8-15(9-11-17)18(20)12-5-14-3-6-16(7-4-14)19(21)22/h3-12H,2,13H2,1H3,(H,21,22)/p-1/b12-5+. The van der Waals surface area contributed by atoms with E-state index in [1.54, 1.807) is 42.5 Å². The fourth-order valence-electron chi connectivity index (χ4n) is 1.93. The highest BCUT2D eigenvalue weighted by molar-refractivity contribution is 6.06. The Bertz CT molecular complexity index is 697. The molecule has 0 atom stereocenters. The van der Waals surface area contributed by atoms with E-state index in [1.807, 2.05) is 6.92 Å². The van der Waals surface area contributed by atoms with Crippen LogP contribution in [-0.2, 0) is 0 Å². The van der Waals surface area contributed by atoms with Gasteiger partial charge in [-0.15, -0.1) is 0 Å². The van der Waals surface area contributed by atoms with Crippen molar-refractivity contribution in [1.82, 2.24) is 0 Å². The highest BCUT2D eigenvalue weighted by atomic mass is 16.5. The minimum absolute atomic E-state index is 0.108. The van der Waals surface area contributed by atoms with Crippen LogP contribution in [-0.4, -0.2) is 18.4 Å². The summed E-state index contributed by atoms with van der Waals surface area (Å²) in [7, 11) is 0. The normalized spacial score (nSPS) is 10.7. The van der Waals surface area contributed by atoms with Crippen molar-refractivity contribution in [2.24, 2.45) is 0 Å². The number of benzene rings is 2. The first-order chi connectivity index (χ1) is 11.1. The van der Waals surface area contributed by atoms with E-state index in [0.717, 1.165) is 17.7 Å². The number of aromatic carboxylic acids is 1. The van der Waals surface area contributed by atoms with Crippen LogP contribution in [0.15, 0.2) is 54.6 Å². The van der Waals surface area contributed by atoms with Crippen molar-refractivity contribution in [3.63, 3.8) is 0 Å². The zero-order valence-corrected chi connectivity index (χ0v) is 12.8. The van der Waals surface area contributed by atoms with Crippen molar-refractivity contribution in [2.45, 2.75) is 13.3 Å². The van der Waals surface area contributed by atoms with Gasteiger partial charge in [-0.05, 0) is 47.9 Å². The molecule has 0 aliphatic rings. The summed E-state index contributed by atoms with van der Waals surface area (Å²) in [5.41, 5.74) is 1.42. The third-order valence-electron chi connectivity index (χ3n) is 3.19. The highest BCUT2D eigenvalue weighted by Gasteiger charge is 2.02. The first kappa shape index (κ1) is 16.5. The minimum atomic E-state index is -1.22. The van der Waals surface area contributed by atoms with Crippen LogP contribution in [0.2, 0.25) is 0 Å². The third kappa shape index (κ3) is 4.81. The van der Waals surface area contributed by atoms with Crippen LogP contribution in [0.25, 0.3) is 6.08 Å². The predicted molar refractivity (Wildman–Crippen MR) is 86.4 cm³/mol. The number of carbonyl (C=O) groups excluding carboxylic acids is 2. The fraction of sp³-hybridized carbons (Fsp3) is 0.158. The SMILES string of the molecule is CCCOc1ccc(C(=O)/C=C/c2ccc(C(=O)[O-])cc2)cc1. The summed E-state index contributed by atoms with van der Waals surface area (Å²) in [5, 5.41) is 10.7. The quantitative estimate of drug-likeness (QED) is 0.582. The lowest BCUT2D eigenvalue weighted by atomic mass is 10.1. The molecule has 0 spiro atoms. The van der Waals surface area contributed by atoms with E-state index in [0.29, 0.717) is 12.2 Å². The Kier molecular flexibility index (Phi) is 5.69. The molecule has 2 rings (SSSR count). The number of carbonyl (C=O) groups is 2. The molecule has 0 radical (unpaired) electrons. The summed E-state index contributed by atoms with van der Waals surface area (Å²) in [6.45, 7) is 2.68. The van der Waals surface area contributed by atoms with E-state index < -0.39 is 5.97 Å². The number of ether oxygens (including phenoxy) is 1. The molecule has 0 unspecified atom stereocenters. The van der Waals surface area contributed by atoms with E-state index in [4.69, 9.17) is 4.74 Å². The molecule has 118 valence electrons. The maximum atomic E-state index is 12.1. The smallest absolute Gasteiger partial charge is 0.185 e. The monoisotopic (exact) mass is 309 g/mol. The number of hydrogen-bond donors (Lipinski definition) is 0. The molecule has 0 saturated carbocycles. The molecule has 0 saturated heterocycles. The van der Waals surface area contributed by atoms with Crippen molar-refractivity contribution in [3.8, 4) is 5.75 Å². The molecule has 2 aromatic carbocycles. The van der Waals surface area contributed by atoms with Gasteiger partial charge in [-0.1, -0.05) is 37.3 Å². The van der Waals surface area contributed by atoms with Crippen LogP contribution in [0.5, 0.6) is 5.75 Å². The van der Waals surface area contributed by atoms with E-state index in [-0.39, 0.29) is 11.3 Å². The Morgan fingerprint density at radius 1 is 1.00 bits per heavy atom. The second-order valence-electron chi connectivity index (χ2n) is 4.98. The lowest BCUT2D eigenvalue weighted by Gasteiger charge is -2.04. The van der Waals surface area contributed by atoms with Gasteiger partial charge < -0.3 is 14.6 Å². The second kappa shape index (κ2) is 7.94. The first-order valence-corrected chi connectivity index (χ1v) is 7.37. The summed E-state index contributed by atoms with van der Waals surface area (Å²) >= 11 is 0. The molecule has 4 heteroatoms. The van der Waals surface area contributed by atoms with Gasteiger partial charge in [0.1, 0.15) is 5.75 Å². The molecular formula is C19H17O4-. The Hall–Kier alpha value is -2.88. The molecular weight excluding hydrogens is 292 g/mol. The molecule has 0 aliphatic heterocycles. The maximum absolute atomic E-state index is 12.1. The maximum Gasteiger partial charge on any atom is 0.185 e. The molecule has 0 fully saturated rings. The van der Waals surface area contributed by atoms with E-state index in [1.165, 1.54) is 18.2 Å². The number of carboxylic acids is 1. The summed E-state index contributed by atoms with van der Waals surface area (Å²) in [5.74, 6) is -0.608. The van der Waals surface area contributed by atoms with Gasteiger partial charge in [-0.3, -0.25) is 4.79 Å². The number of carboxylic acid groups (broad SMARTS) is 1. The zero-order chi connectivity index (χ0) is 16.7. The Balaban J connectivity index is 2.01. The Labute approximate surface area is 135 Å². The van der Waals surface area contributed by atoms with E-state index in [9.17, 15) is 14.7 Å². The summed E-state index contributed by atoms with van der Waals surface area (Å²) < 4.78 is 5.47. The van der Waals surface area contributed by atoms with E-state index >= 15 is 0 Å². The van der Waals surface area contributed by atoms with Crippen molar-refractivity contribution in [1.29, 1.82) is 0 Å². The van der Waals surface area contributed by atoms with Crippen molar-refractivity contribution < 1.29 is 19.4 Å². The van der Waals surface area contributed by atoms with Crippen LogP contribution in [0.1, 0.15) is 39.6 Å². The molecule has 0 amide bonds. The van der Waals surface area contributed by atoms with Crippen LogP contribution in [0, 0.1) is 0 Å². The van der Waals surface area contributed by atoms with Crippen molar-refractivity contribution in [2.75, 3.05) is 6.61 Å². The van der Waals surface area contributed by atoms with Crippen LogP contribution < -0.4 is 9.84 Å². The predicted octanol–water partition coefficient (Wildman–Crippen LogP) is 2.74. The van der Waals surface area contributed by atoms with Crippen molar-refractivity contribution in [3.05, 3.63) is 71.3 Å². The van der Waals surface area contributed by atoms with Gasteiger partial charge in [-0.25, -0.2) is 0 Å². The molecule has 2 aromatic rings. The van der Waals surface area contributed by atoms with Gasteiger partial charge in [0.05, 0.1) is 12.6 Å². The Morgan fingerprint density at radius 2 is 1.61 bits per heavy atom. The van der Waals surface area contributed by atoms with Crippen LogP contribution >= 0.6 is 0 Å². The van der Waals surface area contributed by atoms with Gasteiger partial charge in [0.2, 0.25) is 0 Å². The molecule has 4 nitrogen and oxygen atoms in total. The summed E-state index contributed by atoms with van der Waals surface area (Å²) in [6, 6.07) is 13.1. The van der Waals surface area contributed by atoms with Gasteiger partial charge in [-0.2, -0.15) is 0 Å². The first-order valence-electron chi connectivity index (χ1n) is 7.37. The lowest BCUT2D eigenvalue weighted by molar-refractivity contribution is -0.255. The van der Waals surface area contributed by atoms with Crippen LogP contribution in [0.3, 0.4) is 0 Å². The van der Waals surface area contributed by atoms with E-state index in [2.05, 4.69) is 0 Å². The third-order valence-corrected chi connectivity index (χ3v) is 3.19. The average Bonchev–Trinajstić information content (AvgIpc) is 2.58. The summed E-state index contributed by atoms with van der Waals surface area (Å²) in [4.78, 5) is 22.7. The average molecular weight is 309 g/mol. The number of rotatable bonds is 7. The van der Waals surface area contributed by atoms with Crippen molar-refractivity contribution >= 4 is 17.8 Å². The fourth-order valence-corrected chi connectivity index (χ4v) is 1.93. The summed E-state index contributed by atoms with van der Waals surface area (Å²) in [6.07, 6.45) is 4.03. The number of ketones is 1. The minimum Gasteiger partial charge on any atom is -0.545 e. The van der Waals surface area contributed by atoms with Crippen LogP contribution in [0.4, 0.5) is 0 Å². The van der Waals surface area contributed by atoms with Gasteiger partial charge in [0, 0.05) is 5.56 Å². The molecule has 0 N–H and O–H groups in total. The van der Waals surface area contributed by atoms with Gasteiger partial charge in [0.15, 0.2) is 5.78 Å². The lowest BCUT2D eigenvalue weighted by Crippen LogP contribution is -2.21. The Morgan fingerprint density at radius 3 is 2.17 bits per heavy atom. The molecule has 23 heavy (non-hydrogen) atoms. The topological polar surface area (TPSA) is 66.4 Å². The number of hydrogen-bond acceptors (Lipinski definition) is 4. The number of allylic oxidation sites excluding steroid dienone is 1. The van der Waals surface area contributed by atoms with Gasteiger partial charge in [0.25, 0.3) is 0 Å². The largest absolute Gasteiger partial charge is 0.545 e. The molecule has 0 aromatic heterocycles. The highest BCUT2D eigenvalue weighted by Crippen LogP contribution is 2.14.